The van der Waals surface area contributed by atoms with Crippen LogP contribution in [0.1, 0.15) is 24.8 Å². The van der Waals surface area contributed by atoms with Gasteiger partial charge in [0, 0.05) is 17.6 Å². The molecule has 0 bridgehead atoms. The number of halogens is 1. The molecule has 2 aliphatic rings. The third-order valence-electron chi connectivity index (χ3n) is 4.80. The van der Waals surface area contributed by atoms with Crippen LogP contribution in [0.15, 0.2) is 34.2 Å². The number of rotatable bonds is 7. The molecule has 2 fully saturated rings. The van der Waals surface area contributed by atoms with Crippen LogP contribution in [0.5, 0.6) is 11.5 Å². The maximum atomic E-state index is 12.8. The second-order valence-electron chi connectivity index (χ2n) is 6.83. The normalized spacial score (nSPS) is 18.1. The molecule has 0 unspecified atom stereocenters. The molecular formula is C21H23BrN2O5S. The van der Waals surface area contributed by atoms with E-state index in [9.17, 15) is 14.4 Å². The first-order chi connectivity index (χ1) is 14.4. The van der Waals surface area contributed by atoms with Crippen molar-refractivity contribution in [2.45, 2.75) is 19.3 Å². The van der Waals surface area contributed by atoms with Gasteiger partial charge in [-0.15, -0.1) is 0 Å². The highest BCUT2D eigenvalue weighted by Gasteiger charge is 2.37. The summed E-state index contributed by atoms with van der Waals surface area (Å²) in [5, 5.41) is -0.439. The zero-order chi connectivity index (χ0) is 21.7. The number of likely N-dealkylation sites (tertiary alicyclic amines) is 1. The summed E-state index contributed by atoms with van der Waals surface area (Å²) in [7, 11) is 1.52. The van der Waals surface area contributed by atoms with E-state index in [1.807, 2.05) is 0 Å². The molecule has 3 amide bonds. The van der Waals surface area contributed by atoms with Crippen molar-refractivity contribution in [1.29, 1.82) is 0 Å². The molecule has 0 aromatic heterocycles. The second kappa shape index (κ2) is 10.2. The van der Waals surface area contributed by atoms with Gasteiger partial charge in [0.05, 0.1) is 12.0 Å². The van der Waals surface area contributed by atoms with E-state index in [1.165, 1.54) is 7.11 Å². The van der Waals surface area contributed by atoms with Gasteiger partial charge in [-0.05, 0) is 54.8 Å². The van der Waals surface area contributed by atoms with Gasteiger partial charge in [0.15, 0.2) is 11.5 Å². The average molecular weight is 495 g/mol. The third-order valence-corrected chi connectivity index (χ3v) is 6.40. The van der Waals surface area contributed by atoms with E-state index in [1.54, 1.807) is 29.2 Å². The van der Waals surface area contributed by atoms with Gasteiger partial charge in [0.25, 0.3) is 11.1 Å². The lowest BCUT2D eigenvalue weighted by atomic mass is 10.1. The lowest BCUT2D eigenvalue weighted by Crippen LogP contribution is -2.44. The molecule has 1 aromatic rings. The van der Waals surface area contributed by atoms with Gasteiger partial charge in [0.1, 0.15) is 13.2 Å². The van der Waals surface area contributed by atoms with E-state index >= 15 is 0 Å². The number of benzene rings is 1. The monoisotopic (exact) mass is 494 g/mol. The van der Waals surface area contributed by atoms with E-state index in [-0.39, 0.29) is 17.4 Å². The van der Waals surface area contributed by atoms with E-state index in [4.69, 9.17) is 9.47 Å². The molecule has 0 spiro atoms. The molecule has 1 aromatic carbocycles. The van der Waals surface area contributed by atoms with Gasteiger partial charge in [0.2, 0.25) is 5.91 Å². The van der Waals surface area contributed by atoms with Gasteiger partial charge in [-0.2, -0.15) is 0 Å². The summed E-state index contributed by atoms with van der Waals surface area (Å²) in [4.78, 5) is 40.6. The smallest absolute Gasteiger partial charge is 0.294 e. The minimum atomic E-state index is -0.465. The summed E-state index contributed by atoms with van der Waals surface area (Å²) in [5.41, 5.74) is 0.658. The van der Waals surface area contributed by atoms with Crippen LogP contribution in [0, 0.1) is 0 Å². The summed E-state index contributed by atoms with van der Waals surface area (Å²) in [6.07, 6.45) is 6.25. The van der Waals surface area contributed by atoms with Gasteiger partial charge < -0.3 is 14.4 Å². The Hall–Kier alpha value is -2.26. The van der Waals surface area contributed by atoms with Crippen molar-refractivity contribution < 1.29 is 23.9 Å². The molecule has 0 N–H and O–H groups in total. The Morgan fingerprint density at radius 2 is 1.97 bits per heavy atom. The van der Waals surface area contributed by atoms with Crippen molar-refractivity contribution in [2.24, 2.45) is 0 Å². The molecule has 30 heavy (non-hydrogen) atoms. The average Bonchev–Trinajstić information content (AvgIpc) is 3.01. The minimum absolute atomic E-state index is 0.190. The maximum Gasteiger partial charge on any atom is 0.294 e. The predicted octanol–water partition coefficient (Wildman–Crippen LogP) is 4.07. The number of ether oxygens (including phenoxy) is 2. The molecule has 3 rings (SSSR count). The Balaban J connectivity index is 1.77. The number of hydrogen-bond donors (Lipinski definition) is 0. The van der Waals surface area contributed by atoms with Crippen LogP contribution in [0.2, 0.25) is 0 Å². The molecular weight excluding hydrogens is 472 g/mol. The topological polar surface area (TPSA) is 76.2 Å². The summed E-state index contributed by atoms with van der Waals surface area (Å²) >= 11 is 4.29. The van der Waals surface area contributed by atoms with Crippen molar-refractivity contribution >= 4 is 50.8 Å². The fourth-order valence-corrected chi connectivity index (χ4v) is 4.50. The van der Waals surface area contributed by atoms with Gasteiger partial charge in [-0.3, -0.25) is 19.3 Å². The Labute approximate surface area is 188 Å². The van der Waals surface area contributed by atoms with Crippen LogP contribution in [0.3, 0.4) is 0 Å². The lowest BCUT2D eigenvalue weighted by Gasteiger charge is -2.27. The first kappa shape index (κ1) is 22.4. The molecule has 0 aliphatic carbocycles. The van der Waals surface area contributed by atoms with Crippen LogP contribution in [-0.4, -0.2) is 60.2 Å². The molecule has 7 nitrogen and oxygen atoms in total. The number of carbonyl (C=O) groups excluding carboxylic acids is 3. The first-order valence-corrected chi connectivity index (χ1v) is 11.2. The zero-order valence-electron chi connectivity index (χ0n) is 16.7. The van der Waals surface area contributed by atoms with E-state index in [2.05, 4.69) is 22.5 Å². The van der Waals surface area contributed by atoms with Crippen LogP contribution in [0.4, 0.5) is 4.79 Å². The van der Waals surface area contributed by atoms with E-state index in [0.717, 1.165) is 35.9 Å². The van der Waals surface area contributed by atoms with Crippen LogP contribution >= 0.6 is 27.7 Å². The fourth-order valence-electron chi connectivity index (χ4n) is 3.24. The summed E-state index contributed by atoms with van der Waals surface area (Å²) < 4.78 is 11.6. The molecule has 2 aliphatic heterocycles. The zero-order valence-corrected chi connectivity index (χ0v) is 19.1. The molecule has 2 saturated heterocycles. The Morgan fingerprint density at radius 3 is 2.63 bits per heavy atom. The van der Waals surface area contributed by atoms with Crippen LogP contribution in [-0.2, 0) is 9.59 Å². The molecule has 0 radical (unpaired) electrons. The van der Waals surface area contributed by atoms with Gasteiger partial charge in [-0.1, -0.05) is 28.6 Å². The van der Waals surface area contributed by atoms with E-state index in [0.29, 0.717) is 41.2 Å². The minimum Gasteiger partial charge on any atom is -0.493 e. The molecule has 160 valence electrons. The van der Waals surface area contributed by atoms with Gasteiger partial charge >= 0.3 is 0 Å². The SMILES string of the molecule is C=CCOc1cc(Br)c(/C=C2\SC(=O)N(CC(=O)N3CCCCC3)C2=O)cc1OC. The van der Waals surface area contributed by atoms with Crippen molar-refractivity contribution in [3.05, 3.63) is 39.7 Å². The van der Waals surface area contributed by atoms with Crippen LogP contribution < -0.4 is 9.47 Å². The Kier molecular flexibility index (Phi) is 7.60. The van der Waals surface area contributed by atoms with Crippen molar-refractivity contribution in [2.75, 3.05) is 33.4 Å². The number of nitrogens with zero attached hydrogens (tertiary/aromatic N) is 2. The third kappa shape index (κ3) is 5.07. The number of imide groups is 1. The lowest BCUT2D eigenvalue weighted by molar-refractivity contribution is -0.136. The first-order valence-electron chi connectivity index (χ1n) is 9.59. The molecule has 9 heteroatoms. The number of methoxy groups -OCH3 is 1. The summed E-state index contributed by atoms with van der Waals surface area (Å²) in [5.74, 6) is 0.366. The van der Waals surface area contributed by atoms with Crippen molar-refractivity contribution in [1.82, 2.24) is 9.80 Å². The van der Waals surface area contributed by atoms with E-state index < -0.39 is 11.1 Å². The Morgan fingerprint density at radius 1 is 1.23 bits per heavy atom. The second-order valence-corrected chi connectivity index (χ2v) is 8.68. The largest absolute Gasteiger partial charge is 0.493 e. The maximum absolute atomic E-state index is 12.8. The molecule has 0 saturated carbocycles. The number of hydrogen-bond acceptors (Lipinski definition) is 6. The summed E-state index contributed by atoms with van der Waals surface area (Å²) in [6, 6.07) is 3.45. The highest BCUT2D eigenvalue weighted by atomic mass is 79.9. The highest BCUT2D eigenvalue weighted by molar-refractivity contribution is 9.10. The van der Waals surface area contributed by atoms with Crippen molar-refractivity contribution in [3.63, 3.8) is 0 Å². The number of thioether (sulfide) groups is 1. The number of piperidine rings is 1. The van der Waals surface area contributed by atoms with Crippen molar-refractivity contribution in [3.8, 4) is 11.5 Å². The highest BCUT2D eigenvalue weighted by Crippen LogP contribution is 2.38. The number of amides is 3. The molecule has 2 heterocycles. The van der Waals surface area contributed by atoms with Gasteiger partial charge in [-0.25, -0.2) is 0 Å². The molecule has 0 atom stereocenters. The fraction of sp³-hybridized carbons (Fsp3) is 0.381. The predicted molar refractivity (Wildman–Crippen MR) is 119 cm³/mol. The summed E-state index contributed by atoms with van der Waals surface area (Å²) in [6.45, 7) is 5.08. The van der Waals surface area contributed by atoms with Crippen LogP contribution in [0.25, 0.3) is 6.08 Å². The number of carbonyl (C=O) groups is 3. The Bertz CT molecular complexity index is 896. The standard InChI is InChI=1S/C21H23BrN2O5S/c1-3-9-29-17-12-15(22)14(10-16(17)28-2)11-18-20(26)24(21(27)30-18)13-19(25)23-7-5-4-6-8-23/h3,10-12H,1,4-9,13H2,2H3/b18-11-. The quantitative estimate of drug-likeness (QED) is 0.420.